The van der Waals surface area contributed by atoms with Gasteiger partial charge in [0, 0.05) is 16.0 Å². The van der Waals surface area contributed by atoms with Crippen LogP contribution in [0, 0.1) is 5.82 Å². The van der Waals surface area contributed by atoms with E-state index in [4.69, 9.17) is 5.73 Å². The number of hydrogen-bond donors (Lipinski definition) is 1. The molecule has 0 aliphatic rings. The molecule has 2 nitrogen and oxygen atoms in total. The van der Waals surface area contributed by atoms with Gasteiger partial charge in [0.1, 0.15) is 11.6 Å². The molecule has 2 aromatic rings. The first-order valence-electron chi connectivity index (χ1n) is 4.39. The molecular formula is C11H9FN2S. The number of benzene rings is 1. The van der Waals surface area contributed by atoms with Gasteiger partial charge in [-0.3, -0.25) is 0 Å². The summed E-state index contributed by atoms with van der Waals surface area (Å²) < 4.78 is 13.3. The van der Waals surface area contributed by atoms with Crippen LogP contribution < -0.4 is 5.73 Å². The number of halogens is 1. The Balaban J connectivity index is 2.26. The van der Waals surface area contributed by atoms with Crippen molar-refractivity contribution in [3.8, 4) is 0 Å². The van der Waals surface area contributed by atoms with Crippen LogP contribution in [0.15, 0.2) is 52.4 Å². The van der Waals surface area contributed by atoms with Crippen molar-refractivity contribution >= 4 is 17.6 Å². The SMILES string of the molecule is Nc1cc(Sc2ccccc2F)ccn1. The van der Waals surface area contributed by atoms with E-state index in [0.717, 1.165) is 4.90 Å². The molecule has 4 heteroatoms. The Hall–Kier alpha value is -1.55. The molecule has 2 N–H and O–H groups in total. The highest BCUT2D eigenvalue weighted by molar-refractivity contribution is 7.99. The number of nitrogens with zero attached hydrogens (tertiary/aromatic N) is 1. The molecule has 0 bridgehead atoms. The van der Waals surface area contributed by atoms with Gasteiger partial charge in [0.05, 0.1) is 0 Å². The fourth-order valence-electron chi connectivity index (χ4n) is 1.15. The first kappa shape index (κ1) is 9.98. The highest BCUT2D eigenvalue weighted by atomic mass is 32.2. The molecule has 0 unspecified atom stereocenters. The van der Waals surface area contributed by atoms with Crippen LogP contribution in [0.25, 0.3) is 0 Å². The third-order valence-electron chi connectivity index (χ3n) is 1.82. The molecule has 2 rings (SSSR count). The van der Waals surface area contributed by atoms with Crippen molar-refractivity contribution in [2.24, 2.45) is 0 Å². The van der Waals surface area contributed by atoms with Gasteiger partial charge in [-0.1, -0.05) is 23.9 Å². The minimum Gasteiger partial charge on any atom is -0.384 e. The van der Waals surface area contributed by atoms with E-state index in [1.807, 2.05) is 0 Å². The van der Waals surface area contributed by atoms with E-state index < -0.39 is 0 Å². The Morgan fingerprint density at radius 1 is 1.20 bits per heavy atom. The van der Waals surface area contributed by atoms with Crippen LogP contribution in [0.3, 0.4) is 0 Å². The molecular weight excluding hydrogens is 211 g/mol. The van der Waals surface area contributed by atoms with E-state index in [1.54, 1.807) is 36.5 Å². The van der Waals surface area contributed by atoms with E-state index in [-0.39, 0.29) is 5.82 Å². The zero-order chi connectivity index (χ0) is 10.7. The molecule has 0 spiro atoms. The fourth-order valence-corrected chi connectivity index (χ4v) is 2.02. The van der Waals surface area contributed by atoms with Gasteiger partial charge in [0.25, 0.3) is 0 Å². The van der Waals surface area contributed by atoms with Crippen LogP contribution >= 0.6 is 11.8 Å². The first-order valence-corrected chi connectivity index (χ1v) is 5.21. The number of rotatable bonds is 2. The molecule has 1 heterocycles. The first-order chi connectivity index (χ1) is 7.25. The van der Waals surface area contributed by atoms with Crippen LogP contribution in [0.1, 0.15) is 0 Å². The molecule has 76 valence electrons. The van der Waals surface area contributed by atoms with Crippen molar-refractivity contribution in [3.63, 3.8) is 0 Å². The summed E-state index contributed by atoms with van der Waals surface area (Å²) in [6.07, 6.45) is 1.61. The minimum absolute atomic E-state index is 0.224. The molecule has 0 amide bonds. The van der Waals surface area contributed by atoms with Crippen molar-refractivity contribution in [2.75, 3.05) is 5.73 Å². The summed E-state index contributed by atoms with van der Waals surface area (Å²) in [5.74, 6) is 0.217. The molecule has 15 heavy (non-hydrogen) atoms. The fraction of sp³-hybridized carbons (Fsp3) is 0. The Morgan fingerprint density at radius 2 is 2.00 bits per heavy atom. The van der Waals surface area contributed by atoms with Gasteiger partial charge < -0.3 is 5.73 Å². The summed E-state index contributed by atoms with van der Waals surface area (Å²) >= 11 is 1.33. The monoisotopic (exact) mass is 220 g/mol. The largest absolute Gasteiger partial charge is 0.384 e. The molecule has 0 atom stereocenters. The Morgan fingerprint density at radius 3 is 2.73 bits per heavy atom. The zero-order valence-electron chi connectivity index (χ0n) is 7.85. The van der Waals surface area contributed by atoms with E-state index in [9.17, 15) is 4.39 Å². The standard InChI is InChI=1S/C11H9FN2S/c12-9-3-1-2-4-10(9)15-8-5-6-14-11(13)7-8/h1-7H,(H2,13,14). The van der Waals surface area contributed by atoms with Gasteiger partial charge >= 0.3 is 0 Å². The van der Waals surface area contributed by atoms with Crippen LogP contribution in [0.5, 0.6) is 0 Å². The topological polar surface area (TPSA) is 38.9 Å². The van der Waals surface area contributed by atoms with Gasteiger partial charge in [-0.2, -0.15) is 0 Å². The van der Waals surface area contributed by atoms with Gasteiger partial charge in [0.2, 0.25) is 0 Å². The maximum atomic E-state index is 13.3. The number of nitrogen functional groups attached to an aromatic ring is 1. The molecule has 0 saturated carbocycles. The highest BCUT2D eigenvalue weighted by Crippen LogP contribution is 2.29. The second kappa shape index (κ2) is 4.31. The third kappa shape index (κ3) is 2.47. The summed E-state index contributed by atoms with van der Waals surface area (Å²) in [5.41, 5.74) is 5.53. The number of hydrogen-bond acceptors (Lipinski definition) is 3. The Labute approximate surface area is 91.3 Å². The lowest BCUT2D eigenvalue weighted by atomic mass is 10.3. The lowest BCUT2D eigenvalue weighted by molar-refractivity contribution is 0.602. The molecule has 0 fully saturated rings. The van der Waals surface area contributed by atoms with Crippen molar-refractivity contribution < 1.29 is 4.39 Å². The molecule has 1 aromatic carbocycles. The third-order valence-corrected chi connectivity index (χ3v) is 2.86. The second-order valence-corrected chi connectivity index (χ2v) is 4.06. The van der Waals surface area contributed by atoms with Gasteiger partial charge in [-0.25, -0.2) is 9.37 Å². The number of aromatic nitrogens is 1. The smallest absolute Gasteiger partial charge is 0.137 e. The van der Waals surface area contributed by atoms with Crippen molar-refractivity contribution in [3.05, 3.63) is 48.4 Å². The van der Waals surface area contributed by atoms with E-state index in [2.05, 4.69) is 4.98 Å². The summed E-state index contributed by atoms with van der Waals surface area (Å²) in [6, 6.07) is 10.2. The number of anilines is 1. The molecule has 0 aliphatic carbocycles. The average Bonchev–Trinajstić information content (AvgIpc) is 2.22. The van der Waals surface area contributed by atoms with Crippen molar-refractivity contribution in [1.29, 1.82) is 0 Å². The number of pyridine rings is 1. The number of nitrogens with two attached hydrogens (primary N) is 1. The maximum Gasteiger partial charge on any atom is 0.137 e. The quantitative estimate of drug-likeness (QED) is 0.845. The highest BCUT2D eigenvalue weighted by Gasteiger charge is 2.03. The van der Waals surface area contributed by atoms with E-state index in [0.29, 0.717) is 10.7 Å². The second-order valence-electron chi connectivity index (χ2n) is 2.95. The Bertz CT molecular complexity index is 474. The van der Waals surface area contributed by atoms with Gasteiger partial charge in [0.15, 0.2) is 0 Å². The van der Waals surface area contributed by atoms with E-state index in [1.165, 1.54) is 17.8 Å². The van der Waals surface area contributed by atoms with Crippen molar-refractivity contribution in [2.45, 2.75) is 9.79 Å². The minimum atomic E-state index is -0.224. The lowest BCUT2D eigenvalue weighted by Crippen LogP contribution is -1.88. The van der Waals surface area contributed by atoms with Crippen LogP contribution in [-0.2, 0) is 0 Å². The zero-order valence-corrected chi connectivity index (χ0v) is 8.67. The average molecular weight is 220 g/mol. The normalized spacial score (nSPS) is 10.2. The van der Waals surface area contributed by atoms with Crippen LogP contribution in [0.4, 0.5) is 10.2 Å². The molecule has 0 saturated heterocycles. The molecule has 1 aromatic heterocycles. The maximum absolute atomic E-state index is 13.3. The van der Waals surface area contributed by atoms with E-state index >= 15 is 0 Å². The predicted molar refractivity (Wildman–Crippen MR) is 59.2 cm³/mol. The van der Waals surface area contributed by atoms with Crippen LogP contribution in [-0.4, -0.2) is 4.98 Å². The van der Waals surface area contributed by atoms with Gasteiger partial charge in [-0.15, -0.1) is 0 Å². The van der Waals surface area contributed by atoms with Crippen molar-refractivity contribution in [1.82, 2.24) is 4.98 Å². The predicted octanol–water partition coefficient (Wildman–Crippen LogP) is 2.95. The van der Waals surface area contributed by atoms with Crippen LogP contribution in [0.2, 0.25) is 0 Å². The van der Waals surface area contributed by atoms with Gasteiger partial charge in [-0.05, 0) is 24.3 Å². The summed E-state index contributed by atoms with van der Waals surface area (Å²) in [7, 11) is 0. The Kier molecular flexibility index (Phi) is 2.87. The molecule has 0 aliphatic heterocycles. The lowest BCUT2D eigenvalue weighted by Gasteiger charge is -2.02. The molecule has 0 radical (unpaired) electrons. The summed E-state index contributed by atoms with van der Waals surface area (Å²) in [4.78, 5) is 5.34. The summed E-state index contributed by atoms with van der Waals surface area (Å²) in [5, 5.41) is 0. The summed E-state index contributed by atoms with van der Waals surface area (Å²) in [6.45, 7) is 0.